The van der Waals surface area contributed by atoms with E-state index in [-0.39, 0.29) is 5.56 Å². The first-order valence-electron chi connectivity index (χ1n) is 6.11. The van der Waals surface area contributed by atoms with Crippen molar-refractivity contribution in [2.24, 2.45) is 5.84 Å². The number of aryl methyl sites for hydroxylation is 2. The fourth-order valence-electron chi connectivity index (χ4n) is 2.22. The van der Waals surface area contributed by atoms with Crippen molar-refractivity contribution in [1.29, 1.82) is 0 Å². The monoisotopic (exact) mass is 340 g/mol. The van der Waals surface area contributed by atoms with E-state index in [2.05, 4.69) is 21.4 Å². The first kappa shape index (κ1) is 15.1. The van der Waals surface area contributed by atoms with Crippen molar-refractivity contribution in [3.63, 3.8) is 0 Å². The van der Waals surface area contributed by atoms with Gasteiger partial charge < -0.3 is 0 Å². The minimum absolute atomic E-state index is 0.0648. The average Bonchev–Trinajstić information content (AvgIpc) is 2.38. The van der Waals surface area contributed by atoms with Gasteiger partial charge in [-0.2, -0.15) is 0 Å². The van der Waals surface area contributed by atoms with Crippen molar-refractivity contribution in [1.82, 2.24) is 5.43 Å². The van der Waals surface area contributed by atoms with E-state index in [1.165, 1.54) is 12.1 Å². The summed E-state index contributed by atoms with van der Waals surface area (Å²) >= 11 is 3.38. The minimum atomic E-state index is -0.744. The van der Waals surface area contributed by atoms with Crippen LogP contribution in [-0.4, -0.2) is 0 Å². The molecule has 20 heavy (non-hydrogen) atoms. The van der Waals surface area contributed by atoms with Crippen LogP contribution in [0.1, 0.15) is 28.3 Å². The van der Waals surface area contributed by atoms with E-state index in [9.17, 15) is 8.78 Å². The highest BCUT2D eigenvalue weighted by molar-refractivity contribution is 9.10. The highest BCUT2D eigenvalue weighted by Crippen LogP contribution is 2.30. The molecule has 106 valence electrons. The molecule has 1 atom stereocenters. The summed E-state index contributed by atoms with van der Waals surface area (Å²) < 4.78 is 29.1. The third-order valence-corrected chi connectivity index (χ3v) is 3.63. The van der Waals surface area contributed by atoms with Crippen LogP contribution in [0.25, 0.3) is 0 Å². The summed E-state index contributed by atoms with van der Waals surface area (Å²) in [4.78, 5) is 0. The Kier molecular flexibility index (Phi) is 4.52. The number of rotatable bonds is 3. The summed E-state index contributed by atoms with van der Waals surface area (Å²) in [5, 5.41) is 0. The molecule has 2 nitrogen and oxygen atoms in total. The lowest BCUT2D eigenvalue weighted by atomic mass is 9.95. The van der Waals surface area contributed by atoms with Crippen LogP contribution in [0, 0.1) is 25.5 Å². The van der Waals surface area contributed by atoms with Gasteiger partial charge in [-0.3, -0.25) is 5.84 Å². The Bertz CT molecular complexity index is 624. The summed E-state index contributed by atoms with van der Waals surface area (Å²) in [6.45, 7) is 3.50. The van der Waals surface area contributed by atoms with Crippen LogP contribution in [0.15, 0.2) is 34.8 Å². The van der Waals surface area contributed by atoms with E-state index in [4.69, 9.17) is 5.84 Å². The first-order valence-corrected chi connectivity index (χ1v) is 6.91. The molecule has 1 unspecified atom stereocenters. The van der Waals surface area contributed by atoms with E-state index >= 15 is 0 Å². The summed E-state index contributed by atoms with van der Waals surface area (Å²) in [6, 6.07) is 7.47. The number of nitrogens with one attached hydrogen (secondary N) is 1. The lowest BCUT2D eigenvalue weighted by molar-refractivity contribution is 0.506. The molecule has 0 bridgehead atoms. The second-order valence-electron chi connectivity index (χ2n) is 4.75. The van der Waals surface area contributed by atoms with Crippen molar-refractivity contribution in [3.8, 4) is 0 Å². The van der Waals surface area contributed by atoms with Gasteiger partial charge in [-0.25, -0.2) is 14.2 Å². The zero-order valence-corrected chi connectivity index (χ0v) is 12.8. The first-order chi connectivity index (χ1) is 9.43. The molecule has 0 aromatic heterocycles. The molecule has 0 aliphatic carbocycles. The second kappa shape index (κ2) is 5.99. The molecule has 0 amide bonds. The Morgan fingerprint density at radius 1 is 1.15 bits per heavy atom. The molecule has 5 heteroatoms. The van der Waals surface area contributed by atoms with E-state index < -0.39 is 17.7 Å². The molecular weight excluding hydrogens is 326 g/mol. The smallest absolute Gasteiger partial charge is 0.134 e. The number of halogens is 3. The van der Waals surface area contributed by atoms with Crippen LogP contribution in [-0.2, 0) is 0 Å². The molecule has 0 saturated heterocycles. The van der Waals surface area contributed by atoms with Gasteiger partial charge in [0.05, 0.1) is 6.04 Å². The molecule has 0 spiro atoms. The molecule has 0 aliphatic heterocycles. The molecule has 0 saturated carbocycles. The van der Waals surface area contributed by atoms with Gasteiger partial charge in [0.2, 0.25) is 0 Å². The summed E-state index contributed by atoms with van der Waals surface area (Å²) in [5.41, 5.74) is 4.49. The maximum atomic E-state index is 14.2. The van der Waals surface area contributed by atoms with Gasteiger partial charge in [0.1, 0.15) is 11.6 Å². The van der Waals surface area contributed by atoms with E-state index in [1.54, 1.807) is 13.0 Å². The third kappa shape index (κ3) is 2.90. The van der Waals surface area contributed by atoms with Crippen molar-refractivity contribution in [2.75, 3.05) is 0 Å². The van der Waals surface area contributed by atoms with Gasteiger partial charge in [0, 0.05) is 10.0 Å². The summed E-state index contributed by atoms with van der Waals surface area (Å²) in [6.07, 6.45) is 0. The highest BCUT2D eigenvalue weighted by Gasteiger charge is 2.22. The van der Waals surface area contributed by atoms with E-state index in [1.807, 2.05) is 19.1 Å². The normalized spacial score (nSPS) is 12.5. The molecule has 0 heterocycles. The number of benzene rings is 2. The summed E-state index contributed by atoms with van der Waals surface area (Å²) in [5.74, 6) is 4.33. The lowest BCUT2D eigenvalue weighted by Gasteiger charge is -2.20. The van der Waals surface area contributed by atoms with Crippen LogP contribution in [0.2, 0.25) is 0 Å². The number of hydrazine groups is 1. The Morgan fingerprint density at radius 3 is 2.45 bits per heavy atom. The molecule has 2 aromatic rings. The van der Waals surface area contributed by atoms with Gasteiger partial charge in [-0.05, 0) is 48.7 Å². The third-order valence-electron chi connectivity index (χ3n) is 3.17. The zero-order chi connectivity index (χ0) is 14.9. The molecule has 0 fully saturated rings. The predicted molar refractivity (Wildman–Crippen MR) is 79.1 cm³/mol. The molecule has 0 radical (unpaired) electrons. The molecular formula is C15H15BrF2N2. The summed E-state index contributed by atoms with van der Waals surface area (Å²) in [7, 11) is 0. The SMILES string of the molecule is Cc1cc(Br)cc(C(NN)c2c(F)ccc(C)c2F)c1. The number of hydrogen-bond acceptors (Lipinski definition) is 2. The van der Waals surface area contributed by atoms with Crippen LogP contribution in [0.3, 0.4) is 0 Å². The maximum absolute atomic E-state index is 14.2. The fourth-order valence-corrected chi connectivity index (χ4v) is 2.85. The highest BCUT2D eigenvalue weighted by atomic mass is 79.9. The van der Waals surface area contributed by atoms with Crippen molar-refractivity contribution in [2.45, 2.75) is 19.9 Å². The second-order valence-corrected chi connectivity index (χ2v) is 5.67. The standard InChI is InChI=1S/C15H15BrF2N2/c1-8-5-10(7-11(16)6-8)15(20-19)13-12(17)4-3-9(2)14(13)18/h3-7,15,20H,19H2,1-2H3. The Balaban J connectivity index is 2.61. The molecule has 2 aromatic carbocycles. The molecule has 3 N–H and O–H groups in total. The van der Waals surface area contributed by atoms with Gasteiger partial charge in [-0.15, -0.1) is 0 Å². The van der Waals surface area contributed by atoms with Gasteiger partial charge in [0.25, 0.3) is 0 Å². The quantitative estimate of drug-likeness (QED) is 0.656. The van der Waals surface area contributed by atoms with Crippen LogP contribution in [0.5, 0.6) is 0 Å². The molecule has 0 aliphatic rings. The van der Waals surface area contributed by atoms with E-state index in [0.29, 0.717) is 11.1 Å². The predicted octanol–water partition coefficient (Wildman–Crippen LogP) is 3.90. The van der Waals surface area contributed by atoms with Crippen molar-refractivity contribution >= 4 is 15.9 Å². The lowest BCUT2D eigenvalue weighted by Crippen LogP contribution is -2.30. The molecule has 2 rings (SSSR count). The zero-order valence-electron chi connectivity index (χ0n) is 11.2. The van der Waals surface area contributed by atoms with Gasteiger partial charge in [-0.1, -0.05) is 28.1 Å². The largest absolute Gasteiger partial charge is 0.271 e. The average molecular weight is 341 g/mol. The topological polar surface area (TPSA) is 38.0 Å². The van der Waals surface area contributed by atoms with Crippen molar-refractivity contribution < 1.29 is 8.78 Å². The fraction of sp³-hybridized carbons (Fsp3) is 0.200. The van der Waals surface area contributed by atoms with E-state index in [0.717, 1.165) is 10.0 Å². The van der Waals surface area contributed by atoms with Crippen LogP contribution < -0.4 is 11.3 Å². The van der Waals surface area contributed by atoms with Crippen molar-refractivity contribution in [3.05, 3.63) is 68.7 Å². The van der Waals surface area contributed by atoms with Crippen LogP contribution >= 0.6 is 15.9 Å². The minimum Gasteiger partial charge on any atom is -0.271 e. The van der Waals surface area contributed by atoms with Gasteiger partial charge >= 0.3 is 0 Å². The Morgan fingerprint density at radius 2 is 1.85 bits per heavy atom. The number of nitrogens with two attached hydrogens (primary N) is 1. The Labute approximate surface area is 125 Å². The number of hydrogen-bond donors (Lipinski definition) is 2. The maximum Gasteiger partial charge on any atom is 0.134 e. The van der Waals surface area contributed by atoms with Gasteiger partial charge in [0.15, 0.2) is 0 Å². The van der Waals surface area contributed by atoms with Crippen LogP contribution in [0.4, 0.5) is 8.78 Å². The Hall–Kier alpha value is -1.30.